The molecular weight excluding hydrogens is 376 g/mol. The Hall–Kier alpha value is -3.10. The molecular formula is C20H28N4O5. The number of amides is 3. The first-order valence-electron chi connectivity index (χ1n) is 9.73. The maximum atomic E-state index is 12.7. The molecule has 2 aromatic rings. The summed E-state index contributed by atoms with van der Waals surface area (Å²) in [6.45, 7) is 7.61. The second-order valence-electron chi connectivity index (χ2n) is 7.07. The molecule has 0 saturated heterocycles. The minimum absolute atomic E-state index is 0.0736. The van der Waals surface area contributed by atoms with Gasteiger partial charge in [-0.25, -0.2) is 9.59 Å². The van der Waals surface area contributed by atoms with E-state index in [-0.39, 0.29) is 24.7 Å². The summed E-state index contributed by atoms with van der Waals surface area (Å²) in [7, 11) is 0. The van der Waals surface area contributed by atoms with Gasteiger partial charge in [0.25, 0.3) is 5.91 Å². The number of para-hydroxylation sites is 2. The van der Waals surface area contributed by atoms with Gasteiger partial charge in [-0.2, -0.15) is 0 Å². The van der Waals surface area contributed by atoms with Crippen LogP contribution in [0.1, 0.15) is 40.5 Å². The Morgan fingerprint density at radius 1 is 1.03 bits per heavy atom. The molecule has 3 amide bonds. The van der Waals surface area contributed by atoms with Crippen LogP contribution in [0.3, 0.4) is 0 Å². The molecule has 0 aliphatic rings. The van der Waals surface area contributed by atoms with Crippen molar-refractivity contribution in [2.45, 2.75) is 65.8 Å². The van der Waals surface area contributed by atoms with Crippen molar-refractivity contribution in [1.82, 2.24) is 19.8 Å². The summed E-state index contributed by atoms with van der Waals surface area (Å²) >= 11 is 0. The number of ether oxygens (including phenoxy) is 1. The van der Waals surface area contributed by atoms with Gasteiger partial charge in [-0.15, -0.1) is 0 Å². The van der Waals surface area contributed by atoms with Gasteiger partial charge in [0.15, 0.2) is 6.10 Å². The third kappa shape index (κ3) is 5.69. The van der Waals surface area contributed by atoms with Crippen LogP contribution in [0.4, 0.5) is 4.79 Å². The number of nitrogens with zero attached hydrogens (tertiary/aromatic N) is 2. The lowest BCUT2D eigenvalue weighted by molar-refractivity contribution is -0.154. The predicted molar refractivity (Wildman–Crippen MR) is 108 cm³/mol. The van der Waals surface area contributed by atoms with Crippen molar-refractivity contribution in [3.63, 3.8) is 0 Å². The molecule has 9 heteroatoms. The molecule has 0 bridgehead atoms. The Morgan fingerprint density at radius 3 is 2.17 bits per heavy atom. The molecule has 0 aliphatic heterocycles. The van der Waals surface area contributed by atoms with Crippen LogP contribution in [0.25, 0.3) is 11.0 Å². The van der Waals surface area contributed by atoms with Crippen molar-refractivity contribution in [2.75, 3.05) is 0 Å². The van der Waals surface area contributed by atoms with Crippen LogP contribution < -0.4 is 16.3 Å². The molecule has 0 radical (unpaired) electrons. The predicted octanol–water partition coefficient (Wildman–Crippen LogP) is 1.77. The summed E-state index contributed by atoms with van der Waals surface area (Å²) in [6.07, 6.45) is -0.387. The molecule has 2 rings (SSSR count). The minimum Gasteiger partial charge on any atom is -0.452 e. The maximum Gasteiger partial charge on any atom is 0.329 e. The molecule has 0 spiro atoms. The number of aromatic nitrogens is 2. The first kappa shape index (κ1) is 22.2. The lowest BCUT2D eigenvalue weighted by atomic mass is 10.3. The Labute approximate surface area is 169 Å². The average Bonchev–Trinajstić information content (AvgIpc) is 2.91. The molecule has 1 aromatic heterocycles. The average molecular weight is 404 g/mol. The summed E-state index contributed by atoms with van der Waals surface area (Å²) in [5, 5.41) is 4.63. The van der Waals surface area contributed by atoms with Gasteiger partial charge in [0, 0.05) is 19.1 Å². The van der Waals surface area contributed by atoms with Gasteiger partial charge in [0.2, 0.25) is 0 Å². The third-order valence-corrected chi connectivity index (χ3v) is 4.25. The monoisotopic (exact) mass is 404 g/mol. The second kappa shape index (κ2) is 9.90. The van der Waals surface area contributed by atoms with Gasteiger partial charge in [-0.05, 0) is 39.3 Å². The number of imidazole rings is 1. The fraction of sp³-hybridized carbons (Fsp3) is 0.500. The van der Waals surface area contributed by atoms with Crippen LogP contribution >= 0.6 is 0 Å². The number of urea groups is 1. The van der Waals surface area contributed by atoms with Crippen molar-refractivity contribution in [3.8, 4) is 0 Å². The Kier molecular flexibility index (Phi) is 7.58. The van der Waals surface area contributed by atoms with E-state index in [4.69, 9.17) is 4.74 Å². The van der Waals surface area contributed by atoms with E-state index >= 15 is 0 Å². The number of fused-ring (bicyclic) bond motifs is 1. The van der Waals surface area contributed by atoms with E-state index in [1.165, 1.54) is 11.5 Å². The van der Waals surface area contributed by atoms with Crippen molar-refractivity contribution in [2.24, 2.45) is 0 Å². The highest BCUT2D eigenvalue weighted by Crippen LogP contribution is 2.14. The standard InChI is InChI=1S/C20H28N4O5/c1-5-11-23-15-8-6-7-9-16(15)24(20(23)28)12-10-17(25)29-14(4)18(26)22-19(27)21-13(2)3/h6-9,13-14H,5,10-12H2,1-4H3,(H2,21,22,26,27)/t14-/m0/s1. The van der Waals surface area contributed by atoms with E-state index in [2.05, 4.69) is 10.6 Å². The van der Waals surface area contributed by atoms with E-state index in [1.807, 2.05) is 31.2 Å². The van der Waals surface area contributed by atoms with Gasteiger partial charge in [0.05, 0.1) is 17.5 Å². The van der Waals surface area contributed by atoms with Gasteiger partial charge < -0.3 is 10.1 Å². The first-order chi connectivity index (χ1) is 13.7. The van der Waals surface area contributed by atoms with Crippen LogP contribution in [0, 0.1) is 0 Å². The maximum absolute atomic E-state index is 12.7. The third-order valence-electron chi connectivity index (χ3n) is 4.25. The van der Waals surface area contributed by atoms with E-state index in [1.54, 1.807) is 18.4 Å². The summed E-state index contributed by atoms with van der Waals surface area (Å²) in [5.74, 6) is -1.34. The van der Waals surface area contributed by atoms with Crippen molar-refractivity contribution < 1.29 is 19.1 Å². The number of carbonyl (C=O) groups excluding carboxylic acids is 3. The van der Waals surface area contributed by atoms with E-state index in [9.17, 15) is 19.2 Å². The summed E-state index contributed by atoms with van der Waals surface area (Å²) in [5.41, 5.74) is 1.38. The zero-order valence-corrected chi connectivity index (χ0v) is 17.2. The largest absolute Gasteiger partial charge is 0.452 e. The van der Waals surface area contributed by atoms with Gasteiger partial charge in [0.1, 0.15) is 0 Å². The lowest BCUT2D eigenvalue weighted by Gasteiger charge is -2.14. The summed E-state index contributed by atoms with van der Waals surface area (Å²) in [6, 6.07) is 6.62. The summed E-state index contributed by atoms with van der Waals surface area (Å²) < 4.78 is 8.31. The number of imide groups is 1. The van der Waals surface area contributed by atoms with Crippen molar-refractivity contribution in [3.05, 3.63) is 34.7 Å². The zero-order chi connectivity index (χ0) is 21.6. The van der Waals surface area contributed by atoms with Crippen LogP contribution in [-0.4, -0.2) is 39.2 Å². The Morgan fingerprint density at radius 2 is 1.62 bits per heavy atom. The van der Waals surface area contributed by atoms with Crippen LogP contribution in [0.5, 0.6) is 0 Å². The van der Waals surface area contributed by atoms with E-state index < -0.39 is 24.0 Å². The highest BCUT2D eigenvalue weighted by molar-refractivity contribution is 5.97. The number of hydrogen-bond donors (Lipinski definition) is 2. The zero-order valence-electron chi connectivity index (χ0n) is 17.2. The molecule has 0 aliphatic carbocycles. The molecule has 2 N–H and O–H groups in total. The summed E-state index contributed by atoms with van der Waals surface area (Å²) in [4.78, 5) is 48.3. The molecule has 158 valence electrons. The number of carbonyl (C=O) groups is 3. The molecule has 1 heterocycles. The number of hydrogen-bond acceptors (Lipinski definition) is 5. The molecule has 1 atom stereocenters. The molecule has 29 heavy (non-hydrogen) atoms. The molecule has 9 nitrogen and oxygen atoms in total. The molecule has 0 fully saturated rings. The lowest BCUT2D eigenvalue weighted by Crippen LogP contribution is -2.46. The fourth-order valence-corrected chi connectivity index (χ4v) is 2.95. The molecule has 1 aromatic carbocycles. The number of nitrogens with one attached hydrogen (secondary N) is 2. The number of esters is 1. The van der Waals surface area contributed by atoms with Crippen LogP contribution in [0.15, 0.2) is 29.1 Å². The normalized spacial score (nSPS) is 12.0. The van der Waals surface area contributed by atoms with Gasteiger partial charge in [-0.3, -0.25) is 24.0 Å². The Balaban J connectivity index is 1.99. The van der Waals surface area contributed by atoms with Crippen LogP contribution in [0.2, 0.25) is 0 Å². The number of rotatable bonds is 8. The van der Waals surface area contributed by atoms with Gasteiger partial charge >= 0.3 is 17.7 Å². The topological polar surface area (TPSA) is 111 Å². The smallest absolute Gasteiger partial charge is 0.329 e. The van der Waals surface area contributed by atoms with E-state index in [0.717, 1.165) is 17.5 Å². The highest BCUT2D eigenvalue weighted by atomic mass is 16.5. The quantitative estimate of drug-likeness (QED) is 0.652. The SMILES string of the molecule is CCCn1c(=O)n(CCC(=O)O[C@@H](C)C(=O)NC(=O)NC(C)C)c2ccccc21. The van der Waals surface area contributed by atoms with Crippen molar-refractivity contribution in [1.29, 1.82) is 0 Å². The van der Waals surface area contributed by atoms with Gasteiger partial charge in [-0.1, -0.05) is 19.1 Å². The Bertz CT molecular complexity index is 944. The van der Waals surface area contributed by atoms with E-state index in [0.29, 0.717) is 6.54 Å². The number of benzene rings is 1. The highest BCUT2D eigenvalue weighted by Gasteiger charge is 2.21. The fourth-order valence-electron chi connectivity index (χ4n) is 2.95. The first-order valence-corrected chi connectivity index (χ1v) is 9.73. The molecule has 0 saturated carbocycles. The van der Waals surface area contributed by atoms with Crippen LogP contribution in [-0.2, 0) is 27.4 Å². The van der Waals surface area contributed by atoms with Crippen molar-refractivity contribution >= 4 is 28.9 Å². The minimum atomic E-state index is -1.13. The number of aryl methyl sites for hydroxylation is 2. The molecule has 0 unspecified atom stereocenters. The second-order valence-corrected chi connectivity index (χ2v) is 7.07.